The molecule has 11 nitrogen and oxygen atoms in total. The fourth-order valence-corrected chi connectivity index (χ4v) is 8.11. The molecule has 59 heavy (non-hydrogen) atoms. The van der Waals surface area contributed by atoms with E-state index in [0.29, 0.717) is 25.0 Å². The topological polar surface area (TPSA) is 160 Å². The molecule has 0 radical (unpaired) electrons. The molecule has 3 unspecified atom stereocenters. The molecule has 342 valence electrons. The number of phosphoric acid groups is 1. The molecular formula is C47H84NO10P. The van der Waals surface area contributed by atoms with Crippen LogP contribution < -0.4 is 5.73 Å². The van der Waals surface area contributed by atoms with Crippen molar-refractivity contribution >= 4 is 19.8 Å². The summed E-state index contributed by atoms with van der Waals surface area (Å²) in [6.07, 6.45) is 33.7. The van der Waals surface area contributed by atoms with E-state index in [2.05, 4.69) is 39.8 Å². The molecule has 1 aliphatic rings. The van der Waals surface area contributed by atoms with E-state index in [1.165, 1.54) is 106 Å². The summed E-state index contributed by atoms with van der Waals surface area (Å²) in [5.41, 5.74) is 8.05. The minimum Gasteiger partial charge on any atom is -0.466 e. The minimum atomic E-state index is -4.39. The number of esters is 2. The SMILES string of the molecule is CCCCCc1oc(CCCCCCCCCCCCC(=O)O[C@H](COC(=O)CCCCCCC/C=C\CC2OC2CCCCC)COP(=O)(O)OCCN)c(C)c1C. The zero-order valence-electron chi connectivity index (χ0n) is 37.7. The van der Waals surface area contributed by atoms with Crippen molar-refractivity contribution in [3.05, 3.63) is 34.8 Å². The molecule has 2 rings (SSSR count). The van der Waals surface area contributed by atoms with Gasteiger partial charge in [-0.1, -0.05) is 129 Å². The second kappa shape index (κ2) is 33.6. The van der Waals surface area contributed by atoms with Gasteiger partial charge in [-0.15, -0.1) is 0 Å². The minimum absolute atomic E-state index is 0.0452. The Balaban J connectivity index is 1.53. The van der Waals surface area contributed by atoms with Gasteiger partial charge in [-0.2, -0.15) is 0 Å². The van der Waals surface area contributed by atoms with Crippen LogP contribution in [-0.2, 0) is 50.3 Å². The highest BCUT2D eigenvalue weighted by molar-refractivity contribution is 7.47. The molecule has 2 heterocycles. The Hall–Kier alpha value is -2.01. The molecule has 12 heteroatoms. The Morgan fingerprint density at radius 1 is 0.695 bits per heavy atom. The van der Waals surface area contributed by atoms with Gasteiger partial charge < -0.3 is 29.3 Å². The van der Waals surface area contributed by atoms with Crippen LogP contribution in [0.1, 0.15) is 203 Å². The molecular weight excluding hydrogens is 769 g/mol. The van der Waals surface area contributed by atoms with Crippen molar-refractivity contribution in [3.63, 3.8) is 0 Å². The number of epoxide rings is 1. The summed E-state index contributed by atoms with van der Waals surface area (Å²) in [6, 6.07) is 0. The second-order valence-corrected chi connectivity index (χ2v) is 18.0. The maximum absolute atomic E-state index is 12.7. The van der Waals surface area contributed by atoms with Crippen LogP contribution in [0, 0.1) is 13.8 Å². The molecule has 0 aromatic carbocycles. The number of furan rings is 1. The summed E-state index contributed by atoms with van der Waals surface area (Å²) in [6.45, 7) is 8.04. The maximum Gasteiger partial charge on any atom is 0.472 e. The van der Waals surface area contributed by atoms with Crippen LogP contribution in [0.4, 0.5) is 0 Å². The number of hydrogen-bond donors (Lipinski definition) is 2. The highest BCUT2D eigenvalue weighted by Gasteiger charge is 2.36. The Morgan fingerprint density at radius 3 is 1.85 bits per heavy atom. The predicted molar refractivity (Wildman–Crippen MR) is 236 cm³/mol. The number of carbonyl (C=O) groups excluding carboxylic acids is 2. The maximum atomic E-state index is 12.7. The Labute approximate surface area is 358 Å². The average Bonchev–Trinajstić information content (AvgIpc) is 3.92. The van der Waals surface area contributed by atoms with Crippen molar-refractivity contribution in [2.75, 3.05) is 26.4 Å². The number of rotatable bonds is 40. The van der Waals surface area contributed by atoms with Crippen molar-refractivity contribution in [2.45, 2.75) is 226 Å². The first-order chi connectivity index (χ1) is 28.6. The fourth-order valence-electron chi connectivity index (χ4n) is 7.35. The van der Waals surface area contributed by atoms with E-state index < -0.39 is 32.5 Å². The van der Waals surface area contributed by atoms with E-state index in [1.807, 2.05) is 0 Å². The van der Waals surface area contributed by atoms with Crippen LogP contribution in [0.2, 0.25) is 0 Å². The fraction of sp³-hybridized carbons (Fsp3) is 0.830. The molecule has 0 amide bonds. The van der Waals surface area contributed by atoms with Crippen LogP contribution in [0.25, 0.3) is 0 Å². The normalized spacial score (nSPS) is 16.7. The monoisotopic (exact) mass is 854 g/mol. The Bertz CT molecular complexity index is 1320. The van der Waals surface area contributed by atoms with Gasteiger partial charge >= 0.3 is 19.8 Å². The average molecular weight is 854 g/mol. The zero-order valence-corrected chi connectivity index (χ0v) is 38.6. The summed E-state index contributed by atoms with van der Waals surface area (Å²) < 4.78 is 44.9. The van der Waals surface area contributed by atoms with Crippen molar-refractivity contribution in [1.82, 2.24) is 0 Å². The van der Waals surface area contributed by atoms with Gasteiger partial charge in [-0.25, -0.2) is 4.57 Å². The third kappa shape index (κ3) is 26.8. The molecule has 0 spiro atoms. The number of unbranched alkanes of at least 4 members (excludes halogenated alkanes) is 18. The number of nitrogens with two attached hydrogens (primary N) is 1. The van der Waals surface area contributed by atoms with Gasteiger partial charge in [0.05, 0.1) is 25.4 Å². The highest BCUT2D eigenvalue weighted by atomic mass is 31.2. The molecule has 1 fully saturated rings. The largest absolute Gasteiger partial charge is 0.472 e. The molecule has 0 bridgehead atoms. The van der Waals surface area contributed by atoms with Gasteiger partial charge in [-0.3, -0.25) is 18.6 Å². The smallest absolute Gasteiger partial charge is 0.466 e. The third-order valence-corrected chi connectivity index (χ3v) is 12.3. The summed E-state index contributed by atoms with van der Waals surface area (Å²) in [5, 5.41) is 0. The summed E-state index contributed by atoms with van der Waals surface area (Å²) in [7, 11) is -4.39. The summed E-state index contributed by atoms with van der Waals surface area (Å²) >= 11 is 0. The van der Waals surface area contributed by atoms with Crippen LogP contribution in [0.3, 0.4) is 0 Å². The molecule has 3 N–H and O–H groups in total. The molecule has 1 aromatic rings. The van der Waals surface area contributed by atoms with Gasteiger partial charge in [0.1, 0.15) is 18.1 Å². The standard InChI is InChI=1S/C47H84NO10P/c1-5-7-23-29-42-39(3)40(4)43(57-42)30-25-19-15-11-9-10-12-18-22-28-34-47(50)56-41(38-55-59(51,52)54-36-35-48)37-53-46(49)33-27-21-17-14-13-16-20-26-32-45-44(58-45)31-24-8-6-2/h20,26,41,44-45H,5-19,21-25,27-38,48H2,1-4H3,(H,51,52)/b26-20-/t41-,44?,45?/m1/s1. The molecule has 4 atom stereocenters. The van der Waals surface area contributed by atoms with Gasteiger partial charge in [0.2, 0.25) is 0 Å². The van der Waals surface area contributed by atoms with Crippen molar-refractivity contribution in [2.24, 2.45) is 5.73 Å². The molecule has 1 aromatic heterocycles. The van der Waals surface area contributed by atoms with Gasteiger partial charge in [-0.05, 0) is 76.3 Å². The van der Waals surface area contributed by atoms with Crippen LogP contribution in [0.15, 0.2) is 16.6 Å². The summed E-state index contributed by atoms with van der Waals surface area (Å²) in [4.78, 5) is 35.1. The first-order valence-corrected chi connectivity index (χ1v) is 25.1. The second-order valence-electron chi connectivity index (χ2n) is 16.6. The van der Waals surface area contributed by atoms with Crippen LogP contribution in [-0.4, -0.2) is 61.5 Å². The van der Waals surface area contributed by atoms with Crippen LogP contribution in [0.5, 0.6) is 0 Å². The van der Waals surface area contributed by atoms with Gasteiger partial charge in [0.25, 0.3) is 0 Å². The van der Waals surface area contributed by atoms with Crippen molar-refractivity contribution < 1.29 is 46.7 Å². The lowest BCUT2D eigenvalue weighted by molar-refractivity contribution is -0.161. The van der Waals surface area contributed by atoms with Gasteiger partial charge in [0, 0.05) is 32.2 Å². The number of ether oxygens (including phenoxy) is 3. The van der Waals surface area contributed by atoms with Crippen molar-refractivity contribution in [1.29, 1.82) is 0 Å². The Morgan fingerprint density at radius 2 is 1.24 bits per heavy atom. The first-order valence-electron chi connectivity index (χ1n) is 23.6. The number of hydrogen-bond acceptors (Lipinski definition) is 10. The number of carbonyl (C=O) groups is 2. The Kier molecular flexibility index (Phi) is 30.3. The van der Waals surface area contributed by atoms with E-state index in [1.54, 1.807) is 0 Å². The predicted octanol–water partition coefficient (Wildman–Crippen LogP) is 12.0. The lowest BCUT2D eigenvalue weighted by Crippen LogP contribution is -2.29. The van der Waals surface area contributed by atoms with E-state index in [4.69, 9.17) is 33.4 Å². The van der Waals surface area contributed by atoms with E-state index in [9.17, 15) is 19.0 Å². The van der Waals surface area contributed by atoms with Crippen LogP contribution >= 0.6 is 7.82 Å². The number of phosphoric ester groups is 1. The highest BCUT2D eigenvalue weighted by Crippen LogP contribution is 2.43. The van der Waals surface area contributed by atoms with Gasteiger partial charge in [0.15, 0.2) is 6.10 Å². The third-order valence-electron chi connectivity index (χ3n) is 11.3. The lowest BCUT2D eigenvalue weighted by Gasteiger charge is -2.19. The quantitative estimate of drug-likeness (QED) is 0.0213. The molecule has 0 aliphatic carbocycles. The van der Waals surface area contributed by atoms with E-state index >= 15 is 0 Å². The lowest BCUT2D eigenvalue weighted by atomic mass is 10.0. The van der Waals surface area contributed by atoms with E-state index in [0.717, 1.165) is 70.6 Å². The molecule has 1 saturated heterocycles. The first kappa shape index (κ1) is 53.1. The number of allylic oxidation sites excluding steroid dienone is 1. The zero-order chi connectivity index (χ0) is 43.0. The molecule has 1 aliphatic heterocycles. The summed E-state index contributed by atoms with van der Waals surface area (Å²) in [5.74, 6) is 1.51. The van der Waals surface area contributed by atoms with E-state index in [-0.39, 0.29) is 32.6 Å². The van der Waals surface area contributed by atoms with Crippen molar-refractivity contribution in [3.8, 4) is 0 Å². The molecule has 0 saturated carbocycles. The number of aryl methyl sites for hydroxylation is 2.